The Labute approximate surface area is 189 Å². The van der Waals surface area contributed by atoms with Crippen LogP contribution in [0.3, 0.4) is 0 Å². The van der Waals surface area contributed by atoms with Crippen molar-refractivity contribution >= 4 is 33.1 Å². The highest BCUT2D eigenvalue weighted by atomic mass is 32.1. The number of para-hydroxylation sites is 1. The average molecular weight is 450 g/mol. The number of benzene rings is 2. The number of carbonyl (C=O) groups is 1. The summed E-state index contributed by atoms with van der Waals surface area (Å²) in [6.07, 6.45) is 1.43. The van der Waals surface area contributed by atoms with Crippen molar-refractivity contribution in [3.63, 3.8) is 0 Å². The molecule has 0 aliphatic rings. The maximum Gasteiger partial charge on any atom is 0.263 e. The molecule has 0 saturated heterocycles. The van der Waals surface area contributed by atoms with Crippen LogP contribution in [0.15, 0.2) is 59.0 Å². The number of fused-ring (bicyclic) bond motifs is 1. The predicted octanol–water partition coefficient (Wildman–Crippen LogP) is 4.65. The molecule has 1 atom stereocenters. The maximum atomic E-state index is 13.4. The van der Waals surface area contributed by atoms with Crippen LogP contribution in [0.1, 0.15) is 18.5 Å². The lowest BCUT2D eigenvalue weighted by molar-refractivity contribution is -0.118. The summed E-state index contributed by atoms with van der Waals surface area (Å²) in [4.78, 5) is 31.3. The first-order chi connectivity index (χ1) is 15.4. The Morgan fingerprint density at radius 2 is 1.88 bits per heavy atom. The molecule has 0 aliphatic heterocycles. The number of aromatic nitrogens is 2. The fourth-order valence-corrected chi connectivity index (χ4v) is 4.42. The molecule has 2 aromatic carbocycles. The second-order valence-electron chi connectivity index (χ2n) is 7.34. The van der Waals surface area contributed by atoms with Crippen molar-refractivity contribution in [3.8, 4) is 22.6 Å². The number of carbonyl (C=O) groups excluding carboxylic acids is 1. The molecule has 164 valence electrons. The molecule has 7 nitrogen and oxygen atoms in total. The highest BCUT2D eigenvalue weighted by molar-refractivity contribution is 7.17. The van der Waals surface area contributed by atoms with Crippen molar-refractivity contribution in [2.45, 2.75) is 19.9 Å². The molecule has 4 aromatic rings. The summed E-state index contributed by atoms with van der Waals surface area (Å²) in [7, 11) is 3.14. The van der Waals surface area contributed by atoms with Crippen LogP contribution in [-0.4, -0.2) is 29.7 Å². The molecule has 4 rings (SSSR count). The average Bonchev–Trinajstić information content (AvgIpc) is 3.25. The van der Waals surface area contributed by atoms with E-state index in [1.54, 1.807) is 27.2 Å². The van der Waals surface area contributed by atoms with E-state index in [1.165, 1.54) is 22.2 Å². The van der Waals surface area contributed by atoms with E-state index in [0.717, 1.165) is 16.7 Å². The second-order valence-corrected chi connectivity index (χ2v) is 8.19. The van der Waals surface area contributed by atoms with Crippen molar-refractivity contribution in [1.82, 2.24) is 9.55 Å². The third-order valence-corrected chi connectivity index (χ3v) is 6.30. The molecule has 1 unspecified atom stereocenters. The van der Waals surface area contributed by atoms with Gasteiger partial charge in [-0.1, -0.05) is 24.3 Å². The Hall–Kier alpha value is -3.65. The summed E-state index contributed by atoms with van der Waals surface area (Å²) >= 11 is 1.38. The van der Waals surface area contributed by atoms with Gasteiger partial charge in [0, 0.05) is 16.6 Å². The number of thiophene rings is 1. The van der Waals surface area contributed by atoms with E-state index in [0.29, 0.717) is 27.4 Å². The number of rotatable bonds is 6. The van der Waals surface area contributed by atoms with E-state index in [-0.39, 0.29) is 11.5 Å². The van der Waals surface area contributed by atoms with Gasteiger partial charge >= 0.3 is 0 Å². The van der Waals surface area contributed by atoms with Crippen LogP contribution < -0.4 is 20.3 Å². The zero-order valence-corrected chi connectivity index (χ0v) is 19.0. The lowest BCUT2D eigenvalue weighted by Gasteiger charge is -2.16. The molecule has 0 aliphatic carbocycles. The molecular formula is C24H23N3O4S. The molecular weight excluding hydrogens is 426 g/mol. The molecule has 0 spiro atoms. The number of nitrogens with zero attached hydrogens (tertiary/aromatic N) is 2. The number of aryl methyl sites for hydroxylation is 1. The Morgan fingerprint density at radius 1 is 1.12 bits per heavy atom. The lowest BCUT2D eigenvalue weighted by Crippen LogP contribution is -2.31. The predicted molar refractivity (Wildman–Crippen MR) is 127 cm³/mol. The van der Waals surface area contributed by atoms with E-state index < -0.39 is 6.04 Å². The van der Waals surface area contributed by atoms with E-state index in [9.17, 15) is 9.59 Å². The van der Waals surface area contributed by atoms with Gasteiger partial charge in [-0.3, -0.25) is 14.2 Å². The third kappa shape index (κ3) is 3.85. The van der Waals surface area contributed by atoms with Crippen molar-refractivity contribution in [1.29, 1.82) is 0 Å². The second kappa shape index (κ2) is 8.84. The quantitative estimate of drug-likeness (QED) is 0.463. The molecule has 1 amide bonds. The topological polar surface area (TPSA) is 82.5 Å². The zero-order chi connectivity index (χ0) is 22.8. The van der Waals surface area contributed by atoms with Gasteiger partial charge in [0.15, 0.2) is 11.5 Å². The number of nitrogens with one attached hydrogen (secondary N) is 1. The number of hydrogen-bond acceptors (Lipinski definition) is 6. The maximum absolute atomic E-state index is 13.4. The monoisotopic (exact) mass is 449 g/mol. The van der Waals surface area contributed by atoms with Gasteiger partial charge in [0.05, 0.1) is 25.9 Å². The largest absolute Gasteiger partial charge is 0.493 e. The van der Waals surface area contributed by atoms with Crippen molar-refractivity contribution in [2.75, 3.05) is 19.5 Å². The first kappa shape index (κ1) is 21.6. The van der Waals surface area contributed by atoms with E-state index in [2.05, 4.69) is 10.3 Å². The number of amides is 1. The van der Waals surface area contributed by atoms with Crippen molar-refractivity contribution in [2.24, 2.45) is 0 Å². The number of anilines is 1. The van der Waals surface area contributed by atoms with E-state index >= 15 is 0 Å². The van der Waals surface area contributed by atoms with Gasteiger partial charge in [-0.25, -0.2) is 4.98 Å². The van der Waals surface area contributed by atoms with Gasteiger partial charge in [-0.2, -0.15) is 0 Å². The van der Waals surface area contributed by atoms with Crippen molar-refractivity contribution in [3.05, 3.63) is 70.1 Å². The molecule has 0 fully saturated rings. The summed E-state index contributed by atoms with van der Waals surface area (Å²) in [5.74, 6) is 0.887. The van der Waals surface area contributed by atoms with Crippen LogP contribution in [0.4, 0.5) is 5.69 Å². The van der Waals surface area contributed by atoms with Gasteiger partial charge in [-0.15, -0.1) is 11.3 Å². The van der Waals surface area contributed by atoms with Gasteiger partial charge in [0.2, 0.25) is 5.91 Å². The van der Waals surface area contributed by atoms with E-state index in [1.807, 2.05) is 48.7 Å². The van der Waals surface area contributed by atoms with Crippen LogP contribution in [0.2, 0.25) is 0 Å². The minimum atomic E-state index is -0.739. The normalized spacial score (nSPS) is 11.9. The van der Waals surface area contributed by atoms with Gasteiger partial charge in [-0.05, 0) is 43.2 Å². The molecule has 8 heteroatoms. The van der Waals surface area contributed by atoms with Crippen LogP contribution in [0.25, 0.3) is 21.3 Å². The highest BCUT2D eigenvalue weighted by Crippen LogP contribution is 2.36. The van der Waals surface area contributed by atoms with Crippen LogP contribution in [-0.2, 0) is 4.79 Å². The summed E-state index contributed by atoms with van der Waals surface area (Å²) in [6.45, 7) is 3.60. The Balaban J connectivity index is 1.74. The van der Waals surface area contributed by atoms with Crippen LogP contribution in [0, 0.1) is 6.92 Å². The first-order valence-electron chi connectivity index (χ1n) is 10.0. The lowest BCUT2D eigenvalue weighted by atomic mass is 10.1. The molecule has 32 heavy (non-hydrogen) atoms. The SMILES string of the molecule is COc1ccc(-c2csc3ncn(C(C)C(=O)Nc4ccccc4C)c(=O)c23)cc1OC. The van der Waals surface area contributed by atoms with E-state index in [4.69, 9.17) is 9.47 Å². The Morgan fingerprint density at radius 3 is 2.59 bits per heavy atom. The zero-order valence-electron chi connectivity index (χ0n) is 18.2. The Bertz CT molecular complexity index is 1360. The fraction of sp³-hybridized carbons (Fsp3) is 0.208. The number of methoxy groups -OCH3 is 2. The Kier molecular flexibility index (Phi) is 5.96. The molecule has 2 aromatic heterocycles. The smallest absolute Gasteiger partial charge is 0.263 e. The molecule has 0 radical (unpaired) electrons. The minimum Gasteiger partial charge on any atom is -0.493 e. The summed E-state index contributed by atoms with van der Waals surface area (Å²) in [6, 6.07) is 12.3. The molecule has 2 heterocycles. The number of ether oxygens (including phenoxy) is 2. The summed E-state index contributed by atoms with van der Waals surface area (Å²) in [5, 5.41) is 5.26. The van der Waals surface area contributed by atoms with Gasteiger partial charge in [0.1, 0.15) is 10.9 Å². The minimum absolute atomic E-state index is 0.270. The summed E-state index contributed by atoms with van der Waals surface area (Å²) in [5.41, 5.74) is 2.94. The third-order valence-electron chi connectivity index (χ3n) is 5.41. The molecule has 0 bridgehead atoms. The van der Waals surface area contributed by atoms with Crippen LogP contribution in [0.5, 0.6) is 11.5 Å². The van der Waals surface area contributed by atoms with Gasteiger partial charge in [0.25, 0.3) is 5.56 Å². The highest BCUT2D eigenvalue weighted by Gasteiger charge is 2.21. The fourth-order valence-electron chi connectivity index (χ4n) is 3.51. The van der Waals surface area contributed by atoms with Gasteiger partial charge < -0.3 is 14.8 Å². The molecule has 1 N–H and O–H groups in total. The number of hydrogen-bond donors (Lipinski definition) is 1. The van der Waals surface area contributed by atoms with Crippen LogP contribution >= 0.6 is 11.3 Å². The summed E-state index contributed by atoms with van der Waals surface area (Å²) < 4.78 is 12.1. The standard InChI is InChI=1S/C24H23N3O4S/c1-14-7-5-6-8-18(14)26-22(28)15(2)27-13-25-23-21(24(27)29)17(12-32-23)16-9-10-19(30-3)20(11-16)31-4/h5-13,15H,1-4H3,(H,26,28). The van der Waals surface area contributed by atoms with Crippen molar-refractivity contribution < 1.29 is 14.3 Å². The first-order valence-corrected chi connectivity index (χ1v) is 10.9. The molecule has 0 saturated carbocycles.